The van der Waals surface area contributed by atoms with Gasteiger partial charge in [0.2, 0.25) is 11.8 Å². The minimum Gasteiger partial charge on any atom is -0.368 e. The molecule has 0 heterocycles. The SMILES string of the molecule is CC(C)C(=O)N[C@@H](CC[S@](=O)c1ccccc1)C(N)=O. The molecule has 0 saturated carbocycles. The fourth-order valence-electron chi connectivity index (χ4n) is 1.54. The van der Waals surface area contributed by atoms with E-state index in [1.807, 2.05) is 6.07 Å². The Morgan fingerprint density at radius 1 is 1.25 bits per heavy atom. The highest BCUT2D eigenvalue weighted by Gasteiger charge is 2.20. The standard InChI is InChI=1S/C14H20N2O3S/c1-10(2)14(18)16-12(13(15)17)8-9-20(19)11-6-4-3-5-7-11/h3-7,10,12H,8-9H2,1-2H3,(H2,15,17)(H,16,18)/t12-,20-/m0/s1. The molecule has 1 rings (SSSR count). The fourth-order valence-corrected chi connectivity index (χ4v) is 2.69. The van der Waals surface area contributed by atoms with Crippen molar-refractivity contribution in [3.63, 3.8) is 0 Å². The highest BCUT2D eigenvalue weighted by molar-refractivity contribution is 7.85. The van der Waals surface area contributed by atoms with Gasteiger partial charge in [-0.15, -0.1) is 0 Å². The lowest BCUT2D eigenvalue weighted by molar-refractivity contribution is -0.129. The van der Waals surface area contributed by atoms with Crippen molar-refractivity contribution >= 4 is 22.6 Å². The maximum absolute atomic E-state index is 12.0. The molecular formula is C14H20N2O3S. The summed E-state index contributed by atoms with van der Waals surface area (Å²) in [6.07, 6.45) is 0.259. The third kappa shape index (κ3) is 5.13. The Morgan fingerprint density at radius 3 is 2.35 bits per heavy atom. The molecule has 0 aliphatic carbocycles. The number of amides is 2. The lowest BCUT2D eigenvalue weighted by Crippen LogP contribution is -2.46. The van der Waals surface area contributed by atoms with E-state index in [0.717, 1.165) is 0 Å². The van der Waals surface area contributed by atoms with Crippen molar-refractivity contribution in [2.75, 3.05) is 5.75 Å². The van der Waals surface area contributed by atoms with E-state index in [2.05, 4.69) is 5.32 Å². The van der Waals surface area contributed by atoms with Gasteiger partial charge in [-0.2, -0.15) is 0 Å². The minimum atomic E-state index is -1.21. The second kappa shape index (κ2) is 7.79. The lowest BCUT2D eigenvalue weighted by atomic mass is 10.1. The van der Waals surface area contributed by atoms with Gasteiger partial charge in [0.05, 0.1) is 10.8 Å². The normalized spacial score (nSPS) is 13.8. The quantitative estimate of drug-likeness (QED) is 0.780. The van der Waals surface area contributed by atoms with Gasteiger partial charge in [-0.25, -0.2) is 0 Å². The molecular weight excluding hydrogens is 276 g/mol. The van der Waals surface area contributed by atoms with Crippen LogP contribution < -0.4 is 11.1 Å². The highest BCUT2D eigenvalue weighted by Crippen LogP contribution is 2.08. The van der Waals surface area contributed by atoms with Gasteiger partial charge in [0, 0.05) is 16.6 Å². The predicted molar refractivity (Wildman–Crippen MR) is 78.3 cm³/mol. The van der Waals surface area contributed by atoms with Crippen molar-refractivity contribution in [3.05, 3.63) is 30.3 Å². The van der Waals surface area contributed by atoms with Gasteiger partial charge in [0.25, 0.3) is 0 Å². The molecule has 1 aromatic rings. The molecule has 0 aromatic heterocycles. The number of rotatable bonds is 7. The Labute approximate surface area is 121 Å². The molecule has 3 N–H and O–H groups in total. The van der Waals surface area contributed by atoms with E-state index in [1.54, 1.807) is 38.1 Å². The lowest BCUT2D eigenvalue weighted by Gasteiger charge is -2.16. The molecule has 0 bridgehead atoms. The summed E-state index contributed by atoms with van der Waals surface area (Å²) in [6.45, 7) is 3.46. The summed E-state index contributed by atoms with van der Waals surface area (Å²) in [4.78, 5) is 23.6. The molecule has 20 heavy (non-hydrogen) atoms. The van der Waals surface area contributed by atoms with E-state index in [0.29, 0.717) is 4.90 Å². The number of benzene rings is 1. The van der Waals surface area contributed by atoms with Crippen molar-refractivity contribution in [3.8, 4) is 0 Å². The van der Waals surface area contributed by atoms with E-state index in [1.165, 1.54) is 0 Å². The smallest absolute Gasteiger partial charge is 0.240 e. The van der Waals surface area contributed by atoms with Gasteiger partial charge in [-0.05, 0) is 18.6 Å². The van der Waals surface area contributed by atoms with E-state index in [9.17, 15) is 13.8 Å². The molecule has 0 fully saturated rings. The molecule has 110 valence electrons. The average molecular weight is 296 g/mol. The summed E-state index contributed by atoms with van der Waals surface area (Å²) in [7, 11) is -1.21. The van der Waals surface area contributed by atoms with Crippen LogP contribution in [0.25, 0.3) is 0 Å². The summed E-state index contributed by atoms with van der Waals surface area (Å²) < 4.78 is 12.0. The Kier molecular flexibility index (Phi) is 6.38. The Balaban J connectivity index is 2.57. The largest absolute Gasteiger partial charge is 0.368 e. The molecule has 6 heteroatoms. The van der Waals surface area contributed by atoms with Gasteiger partial charge in [-0.3, -0.25) is 13.8 Å². The van der Waals surface area contributed by atoms with Crippen LogP contribution in [0.2, 0.25) is 0 Å². The molecule has 2 amide bonds. The Morgan fingerprint density at radius 2 is 1.85 bits per heavy atom. The average Bonchev–Trinajstić information content (AvgIpc) is 2.43. The van der Waals surface area contributed by atoms with E-state index in [-0.39, 0.29) is 24.0 Å². The number of nitrogens with two attached hydrogens (primary N) is 1. The van der Waals surface area contributed by atoms with Crippen LogP contribution in [0.4, 0.5) is 0 Å². The number of primary amides is 1. The molecule has 0 radical (unpaired) electrons. The zero-order chi connectivity index (χ0) is 15.1. The van der Waals surface area contributed by atoms with Crippen LogP contribution in [0, 0.1) is 5.92 Å². The topological polar surface area (TPSA) is 89.3 Å². The van der Waals surface area contributed by atoms with Gasteiger partial charge in [0.1, 0.15) is 6.04 Å². The fraction of sp³-hybridized carbons (Fsp3) is 0.429. The second-order valence-corrected chi connectivity index (χ2v) is 6.34. The van der Waals surface area contributed by atoms with Gasteiger partial charge in [-0.1, -0.05) is 32.0 Å². The van der Waals surface area contributed by atoms with Crippen LogP contribution in [0.1, 0.15) is 20.3 Å². The Hall–Kier alpha value is -1.69. The maximum Gasteiger partial charge on any atom is 0.240 e. The molecule has 5 nitrogen and oxygen atoms in total. The monoisotopic (exact) mass is 296 g/mol. The predicted octanol–water partition coefficient (Wildman–Crippen LogP) is 0.810. The van der Waals surface area contributed by atoms with Crippen molar-refractivity contribution < 1.29 is 13.8 Å². The third-order valence-electron chi connectivity index (χ3n) is 2.78. The molecule has 0 saturated heterocycles. The van der Waals surface area contributed by atoms with E-state index >= 15 is 0 Å². The highest BCUT2D eigenvalue weighted by atomic mass is 32.2. The van der Waals surface area contributed by atoms with Gasteiger partial charge < -0.3 is 11.1 Å². The summed E-state index contributed by atoms with van der Waals surface area (Å²) >= 11 is 0. The number of nitrogens with one attached hydrogen (secondary N) is 1. The van der Waals surface area contributed by atoms with Gasteiger partial charge >= 0.3 is 0 Å². The number of carbonyl (C=O) groups is 2. The number of hydrogen-bond acceptors (Lipinski definition) is 3. The first-order valence-electron chi connectivity index (χ1n) is 6.45. The maximum atomic E-state index is 12.0. The van der Waals surface area contributed by atoms with E-state index in [4.69, 9.17) is 5.73 Å². The van der Waals surface area contributed by atoms with E-state index < -0.39 is 22.7 Å². The van der Waals surface area contributed by atoms with Crippen LogP contribution in [-0.4, -0.2) is 27.8 Å². The third-order valence-corrected chi connectivity index (χ3v) is 4.19. The summed E-state index contributed by atoms with van der Waals surface area (Å²) in [5.74, 6) is -0.796. The van der Waals surface area contributed by atoms with Crippen LogP contribution in [0.3, 0.4) is 0 Å². The first-order valence-corrected chi connectivity index (χ1v) is 7.76. The van der Waals surface area contributed by atoms with Crippen molar-refractivity contribution in [1.29, 1.82) is 0 Å². The number of carbonyl (C=O) groups excluding carboxylic acids is 2. The second-order valence-electron chi connectivity index (χ2n) is 4.77. The first-order chi connectivity index (χ1) is 9.41. The Bertz CT molecular complexity index is 488. The first kappa shape index (κ1) is 16.4. The summed E-state index contributed by atoms with van der Waals surface area (Å²) in [5, 5.41) is 2.57. The zero-order valence-corrected chi connectivity index (χ0v) is 12.5. The van der Waals surface area contributed by atoms with Crippen molar-refractivity contribution in [1.82, 2.24) is 5.32 Å². The molecule has 0 aliphatic rings. The molecule has 0 spiro atoms. The summed E-state index contributed by atoms with van der Waals surface area (Å²) in [5.41, 5.74) is 5.26. The number of hydrogen-bond donors (Lipinski definition) is 2. The minimum absolute atomic E-state index is 0.225. The van der Waals surface area contributed by atoms with Gasteiger partial charge in [0.15, 0.2) is 0 Å². The molecule has 1 aromatic carbocycles. The summed E-state index contributed by atoms with van der Waals surface area (Å²) in [6, 6.07) is 8.20. The van der Waals surface area contributed by atoms with Crippen LogP contribution in [0.5, 0.6) is 0 Å². The van der Waals surface area contributed by atoms with Crippen LogP contribution in [-0.2, 0) is 20.4 Å². The van der Waals surface area contributed by atoms with Crippen molar-refractivity contribution in [2.24, 2.45) is 11.7 Å². The van der Waals surface area contributed by atoms with Crippen LogP contribution in [0.15, 0.2) is 35.2 Å². The molecule has 2 atom stereocenters. The zero-order valence-electron chi connectivity index (χ0n) is 11.7. The van der Waals surface area contributed by atoms with Crippen molar-refractivity contribution in [2.45, 2.75) is 31.2 Å². The molecule has 0 unspecified atom stereocenters. The van der Waals surface area contributed by atoms with Crippen LogP contribution >= 0.6 is 0 Å². The molecule has 0 aliphatic heterocycles.